The van der Waals surface area contributed by atoms with Crippen molar-refractivity contribution in [2.75, 3.05) is 12.8 Å². The number of fused-ring (bicyclic) bond motifs is 1. The van der Waals surface area contributed by atoms with Gasteiger partial charge >= 0.3 is 0 Å². The Balaban J connectivity index is 0.00000184. The molecule has 5 heteroatoms. The lowest BCUT2D eigenvalue weighted by atomic mass is 10.1. The third-order valence-corrected chi connectivity index (χ3v) is 4.63. The monoisotopic (exact) mass is 396 g/mol. The highest BCUT2D eigenvalue weighted by molar-refractivity contribution is 5.95. The molecule has 2 N–H and O–H groups in total. The Hall–Kier alpha value is -3.00. The van der Waals surface area contributed by atoms with E-state index in [-0.39, 0.29) is 0 Å². The van der Waals surface area contributed by atoms with Gasteiger partial charge in [-0.05, 0) is 51.8 Å². The summed E-state index contributed by atoms with van der Waals surface area (Å²) in [4.78, 5) is 4.71. The van der Waals surface area contributed by atoms with Gasteiger partial charge in [-0.1, -0.05) is 40.3 Å². The van der Waals surface area contributed by atoms with Gasteiger partial charge in [-0.2, -0.15) is 5.26 Å². The highest BCUT2D eigenvalue weighted by Crippen LogP contribution is 2.35. The fourth-order valence-electron chi connectivity index (χ4n) is 2.81. The quantitative estimate of drug-likeness (QED) is 0.471. The summed E-state index contributed by atoms with van der Waals surface area (Å²) in [7, 11) is 1.63. The lowest BCUT2D eigenvalue weighted by Crippen LogP contribution is -2.08. The van der Waals surface area contributed by atoms with Crippen molar-refractivity contribution in [2.45, 2.75) is 62.3 Å². The molecule has 0 saturated heterocycles. The molecule has 0 aliphatic carbocycles. The maximum absolute atomic E-state index is 9.62. The molecule has 158 valence electrons. The highest BCUT2D eigenvalue weighted by atomic mass is 16.5. The number of methoxy groups -OCH3 is 1. The number of nitrogens with zero attached hydrogens (tertiary/aromatic N) is 3. The van der Waals surface area contributed by atoms with E-state index >= 15 is 0 Å². The second-order valence-corrected chi connectivity index (χ2v) is 6.09. The number of anilines is 1. The van der Waals surface area contributed by atoms with E-state index in [1.54, 1.807) is 13.2 Å². The van der Waals surface area contributed by atoms with Crippen molar-refractivity contribution in [3.05, 3.63) is 52.4 Å². The number of nitrogen functional groups attached to an aromatic ring is 1. The number of ether oxygens (including phenoxy) is 1. The summed E-state index contributed by atoms with van der Waals surface area (Å²) in [5.74, 6) is 1.13. The molecule has 2 aromatic heterocycles. The second kappa shape index (κ2) is 11.8. The van der Waals surface area contributed by atoms with Gasteiger partial charge in [0.05, 0.1) is 18.6 Å². The molecule has 0 amide bonds. The first-order chi connectivity index (χ1) is 13.8. The number of rotatable bonds is 4. The molecule has 2 rings (SSSR count). The molecule has 0 aromatic carbocycles. The van der Waals surface area contributed by atoms with Crippen molar-refractivity contribution in [3.8, 4) is 6.07 Å². The Morgan fingerprint density at radius 3 is 2.21 bits per heavy atom. The predicted molar refractivity (Wildman–Crippen MR) is 126 cm³/mol. The molecule has 0 saturated carbocycles. The van der Waals surface area contributed by atoms with Gasteiger partial charge in [0.2, 0.25) is 0 Å². The van der Waals surface area contributed by atoms with Crippen LogP contribution in [0.1, 0.15) is 65.3 Å². The fraction of sp³-hybridized carbons (Fsp3) is 0.417. The van der Waals surface area contributed by atoms with E-state index in [0.717, 1.165) is 39.2 Å². The minimum atomic E-state index is 0.370. The number of nitrogens with two attached hydrogens (primary N) is 1. The zero-order valence-corrected chi connectivity index (χ0v) is 19.7. The van der Waals surface area contributed by atoms with E-state index in [1.807, 2.05) is 72.9 Å². The predicted octanol–water partition coefficient (Wildman–Crippen LogP) is 6.52. The van der Waals surface area contributed by atoms with E-state index in [1.165, 1.54) is 0 Å². The second-order valence-electron chi connectivity index (χ2n) is 6.09. The first-order valence-electron chi connectivity index (χ1n) is 10.0. The van der Waals surface area contributed by atoms with E-state index in [9.17, 15) is 5.26 Å². The maximum Gasteiger partial charge on any atom is 0.147 e. The Labute approximate surface area is 176 Å². The van der Waals surface area contributed by atoms with Gasteiger partial charge in [0.1, 0.15) is 23.1 Å². The number of allylic oxidation sites excluding steroid dienone is 5. The smallest absolute Gasteiger partial charge is 0.147 e. The molecular formula is C24H36N4O. The average molecular weight is 397 g/mol. The third-order valence-electron chi connectivity index (χ3n) is 4.63. The largest absolute Gasteiger partial charge is 0.501 e. The molecule has 0 radical (unpaired) electrons. The average Bonchev–Trinajstić information content (AvgIpc) is 3.01. The molecule has 2 aromatic rings. The van der Waals surface area contributed by atoms with Crippen molar-refractivity contribution < 1.29 is 4.74 Å². The molecular weight excluding hydrogens is 360 g/mol. The Bertz CT molecular complexity index is 969. The first-order valence-corrected chi connectivity index (χ1v) is 10.0. The molecule has 0 spiro atoms. The number of hydrogen-bond donors (Lipinski definition) is 1. The van der Waals surface area contributed by atoms with Crippen LogP contribution in [0.4, 0.5) is 5.82 Å². The van der Waals surface area contributed by atoms with Gasteiger partial charge in [-0.3, -0.25) is 4.57 Å². The summed E-state index contributed by atoms with van der Waals surface area (Å²) < 4.78 is 7.24. The van der Waals surface area contributed by atoms with Crippen molar-refractivity contribution in [1.82, 2.24) is 9.55 Å². The lowest BCUT2D eigenvalue weighted by Gasteiger charge is -2.17. The molecule has 2 heterocycles. The van der Waals surface area contributed by atoms with Crippen molar-refractivity contribution in [2.24, 2.45) is 0 Å². The third kappa shape index (κ3) is 5.08. The molecule has 0 fully saturated rings. The van der Waals surface area contributed by atoms with Gasteiger partial charge in [-0.15, -0.1) is 0 Å². The van der Waals surface area contributed by atoms with Crippen LogP contribution in [-0.4, -0.2) is 16.7 Å². The molecule has 0 bridgehead atoms. The number of nitriles is 1. The summed E-state index contributed by atoms with van der Waals surface area (Å²) in [5.41, 5.74) is 12.0. The molecule has 0 aliphatic heterocycles. The first kappa shape index (κ1) is 26.0. The maximum atomic E-state index is 9.62. The van der Waals surface area contributed by atoms with Crippen molar-refractivity contribution in [1.29, 1.82) is 5.26 Å². The van der Waals surface area contributed by atoms with Gasteiger partial charge in [0.25, 0.3) is 0 Å². The lowest BCUT2D eigenvalue weighted by molar-refractivity contribution is 0.290. The number of hydrogen-bond acceptors (Lipinski definition) is 4. The number of pyridine rings is 1. The summed E-state index contributed by atoms with van der Waals surface area (Å²) >= 11 is 0. The number of aryl methyl sites for hydroxylation is 2. The summed E-state index contributed by atoms with van der Waals surface area (Å²) in [6.45, 7) is 21.6. The van der Waals surface area contributed by atoms with E-state index in [4.69, 9.17) is 15.5 Å². The summed E-state index contributed by atoms with van der Waals surface area (Å²) in [6.07, 6.45) is 1.76. The number of aromatic nitrogens is 2. The van der Waals surface area contributed by atoms with E-state index in [0.29, 0.717) is 17.0 Å². The van der Waals surface area contributed by atoms with Crippen LogP contribution in [0.25, 0.3) is 16.7 Å². The van der Waals surface area contributed by atoms with Crippen molar-refractivity contribution in [3.63, 3.8) is 0 Å². The van der Waals surface area contributed by atoms with Gasteiger partial charge in [0.15, 0.2) is 0 Å². The van der Waals surface area contributed by atoms with E-state index in [2.05, 4.69) is 12.6 Å². The highest BCUT2D eigenvalue weighted by Gasteiger charge is 2.22. The molecule has 0 aliphatic rings. The molecule has 29 heavy (non-hydrogen) atoms. The zero-order chi connectivity index (χ0) is 22.9. The van der Waals surface area contributed by atoms with Crippen LogP contribution < -0.4 is 5.73 Å². The van der Waals surface area contributed by atoms with Crippen molar-refractivity contribution >= 4 is 22.5 Å². The normalized spacial score (nSPS) is 11.8. The molecule has 0 atom stereocenters. The fourth-order valence-corrected chi connectivity index (χ4v) is 2.81. The zero-order valence-electron chi connectivity index (χ0n) is 19.7. The van der Waals surface area contributed by atoms with Crippen LogP contribution in [0.3, 0.4) is 0 Å². The molecule has 5 nitrogen and oxygen atoms in total. The van der Waals surface area contributed by atoms with Crippen LogP contribution in [0, 0.1) is 25.2 Å². The van der Waals surface area contributed by atoms with Crippen LogP contribution in [0.5, 0.6) is 0 Å². The summed E-state index contributed by atoms with van der Waals surface area (Å²) in [5, 5.41) is 10.4. The Kier molecular flexibility index (Phi) is 10.5. The van der Waals surface area contributed by atoms with Crippen LogP contribution in [0.15, 0.2) is 35.6 Å². The topological polar surface area (TPSA) is 76.9 Å². The minimum absolute atomic E-state index is 0.370. The van der Waals surface area contributed by atoms with Gasteiger partial charge in [0, 0.05) is 16.7 Å². The van der Waals surface area contributed by atoms with Crippen LogP contribution in [-0.2, 0) is 4.74 Å². The standard InChI is InChI=1S/C20H24N4O.2C2H6/c1-8-11(2)18(13(4)15(6)25-7)24-19(22)17(10-21)16-9-12(3)14(5)23-20(16)24;2*1-2/h8-9H,1,22H2,2-7H3;2*1-2H3/b15-13+,18-11+;;. The van der Waals surface area contributed by atoms with Crippen LogP contribution in [0.2, 0.25) is 0 Å². The SMILES string of the molecule is C=C/C(C)=C(\C(C)=C(/C)OC)n1c(N)c(C#N)c2cc(C)c(C)nc21.CC.CC. The van der Waals surface area contributed by atoms with Gasteiger partial charge in [-0.25, -0.2) is 4.98 Å². The Morgan fingerprint density at radius 1 is 1.21 bits per heavy atom. The van der Waals surface area contributed by atoms with Gasteiger partial charge < -0.3 is 10.5 Å². The van der Waals surface area contributed by atoms with E-state index < -0.39 is 0 Å². The Morgan fingerprint density at radius 2 is 1.76 bits per heavy atom. The summed E-state index contributed by atoms with van der Waals surface area (Å²) in [6, 6.07) is 4.18. The minimum Gasteiger partial charge on any atom is -0.501 e. The van der Waals surface area contributed by atoms with Crippen LogP contribution >= 0.6 is 0 Å². The molecule has 0 unspecified atom stereocenters.